The molecule has 11 heteroatoms. The van der Waals surface area contributed by atoms with Crippen LogP contribution in [0.1, 0.15) is 12.8 Å². The third-order valence-corrected chi connectivity index (χ3v) is 5.03. The summed E-state index contributed by atoms with van der Waals surface area (Å²) < 4.78 is 58.4. The minimum atomic E-state index is -4.47. The number of ether oxygens (including phenoxy) is 1. The van der Waals surface area contributed by atoms with Gasteiger partial charge in [0.05, 0.1) is 18.8 Å². The van der Waals surface area contributed by atoms with Crippen LogP contribution in [0, 0.1) is 11.7 Å². The lowest BCUT2D eigenvalue weighted by atomic mass is 10.1. The molecule has 3 N–H and O–H groups in total. The molecule has 0 bridgehead atoms. The maximum absolute atomic E-state index is 14.5. The topological polar surface area (TPSA) is 87.9 Å². The van der Waals surface area contributed by atoms with E-state index < -0.39 is 30.5 Å². The summed E-state index contributed by atoms with van der Waals surface area (Å²) in [6.07, 6.45) is -2.83. The Bertz CT molecular complexity index is 786. The Kier molecular flexibility index (Phi) is 6.94. The normalized spacial score (nSPS) is 18.6. The fourth-order valence-corrected chi connectivity index (χ4v) is 3.39. The average molecular weight is 432 g/mol. The number of carbonyl (C=O) groups excluding carboxylic acids is 2. The van der Waals surface area contributed by atoms with Gasteiger partial charge in [-0.1, -0.05) is 0 Å². The van der Waals surface area contributed by atoms with Crippen LogP contribution in [0.15, 0.2) is 18.2 Å². The number of nitrogens with two attached hydrogens (primary N) is 1. The molecule has 1 aliphatic carbocycles. The molecule has 1 heterocycles. The molecule has 166 valence electrons. The van der Waals surface area contributed by atoms with Gasteiger partial charge in [0.15, 0.2) is 0 Å². The van der Waals surface area contributed by atoms with Crippen molar-refractivity contribution in [3.8, 4) is 0 Å². The molecule has 1 atom stereocenters. The smallest absolute Gasteiger partial charge is 0.370 e. The first-order chi connectivity index (χ1) is 14.2. The Balaban J connectivity index is 1.70. The second-order valence-electron chi connectivity index (χ2n) is 7.49. The predicted octanol–water partition coefficient (Wildman–Crippen LogP) is 1.73. The highest BCUT2D eigenvalue weighted by molar-refractivity contribution is 5.97. The highest BCUT2D eigenvalue weighted by Gasteiger charge is 2.38. The zero-order valence-corrected chi connectivity index (χ0v) is 16.3. The van der Waals surface area contributed by atoms with E-state index in [9.17, 15) is 27.2 Å². The lowest BCUT2D eigenvalue weighted by Crippen LogP contribution is -2.52. The Morgan fingerprint density at radius 1 is 1.37 bits per heavy atom. The van der Waals surface area contributed by atoms with E-state index in [1.807, 2.05) is 0 Å². The molecule has 1 aliphatic heterocycles. The number of rotatable bonds is 8. The zero-order valence-electron chi connectivity index (χ0n) is 16.3. The van der Waals surface area contributed by atoms with Gasteiger partial charge < -0.3 is 20.7 Å². The number of hydrogen-bond acceptors (Lipinski definition) is 5. The van der Waals surface area contributed by atoms with Crippen LogP contribution >= 0.6 is 0 Å². The Hall–Kier alpha value is -2.24. The number of morpholine rings is 1. The van der Waals surface area contributed by atoms with Crippen molar-refractivity contribution in [2.45, 2.75) is 25.1 Å². The highest BCUT2D eigenvalue weighted by atomic mass is 19.4. The van der Waals surface area contributed by atoms with E-state index in [1.54, 1.807) is 0 Å². The van der Waals surface area contributed by atoms with E-state index in [0.29, 0.717) is 0 Å². The van der Waals surface area contributed by atoms with Crippen molar-refractivity contribution in [3.05, 3.63) is 24.0 Å². The first kappa shape index (κ1) is 22.4. The second kappa shape index (κ2) is 9.27. The van der Waals surface area contributed by atoms with Crippen LogP contribution in [0.5, 0.6) is 0 Å². The standard InChI is InChI=1S/C19H24F4N4O3/c20-14-7-13(3-4-15(14)27-5-6-30-10-17(27)28)25-18(29)16(8-24)26(9-12-1-2-12)11-19(21,22)23/h3-4,7,12,16H,1-2,5-6,8-11,24H2,(H,25,29)/t16-/m1/s1. The lowest BCUT2D eigenvalue weighted by molar-refractivity contribution is -0.154. The largest absolute Gasteiger partial charge is 0.401 e. The van der Waals surface area contributed by atoms with Crippen molar-refractivity contribution >= 4 is 23.2 Å². The lowest BCUT2D eigenvalue weighted by Gasteiger charge is -2.31. The van der Waals surface area contributed by atoms with E-state index in [1.165, 1.54) is 17.0 Å². The molecule has 1 saturated heterocycles. The number of hydrogen-bond donors (Lipinski definition) is 2. The number of alkyl halides is 3. The fraction of sp³-hybridized carbons (Fsp3) is 0.579. The maximum atomic E-state index is 14.5. The molecule has 2 aliphatic rings. The number of amides is 2. The van der Waals surface area contributed by atoms with E-state index in [-0.39, 0.29) is 56.0 Å². The van der Waals surface area contributed by atoms with Crippen LogP contribution in [0.4, 0.5) is 28.9 Å². The van der Waals surface area contributed by atoms with Crippen molar-refractivity contribution in [2.24, 2.45) is 11.7 Å². The fourth-order valence-electron chi connectivity index (χ4n) is 3.39. The third kappa shape index (κ3) is 5.89. The Morgan fingerprint density at radius 3 is 2.67 bits per heavy atom. The summed E-state index contributed by atoms with van der Waals surface area (Å²) in [6, 6.07) is 2.56. The molecule has 0 unspecified atom stereocenters. The van der Waals surface area contributed by atoms with Crippen LogP contribution in [0.3, 0.4) is 0 Å². The van der Waals surface area contributed by atoms with Gasteiger partial charge in [-0.15, -0.1) is 0 Å². The van der Waals surface area contributed by atoms with Gasteiger partial charge in [0.2, 0.25) is 5.91 Å². The molecule has 0 radical (unpaired) electrons. The molecule has 3 rings (SSSR count). The summed E-state index contributed by atoms with van der Waals surface area (Å²) in [6.45, 7) is -1.10. The number of benzene rings is 1. The van der Waals surface area contributed by atoms with Crippen LogP contribution in [-0.4, -0.2) is 68.3 Å². The van der Waals surface area contributed by atoms with E-state index in [2.05, 4.69) is 5.32 Å². The molecule has 7 nitrogen and oxygen atoms in total. The molecular weight excluding hydrogens is 408 g/mol. The number of halogens is 4. The molecule has 1 aromatic carbocycles. The average Bonchev–Trinajstić information content (AvgIpc) is 3.46. The summed E-state index contributed by atoms with van der Waals surface area (Å²) >= 11 is 0. The van der Waals surface area contributed by atoms with Gasteiger partial charge in [-0.2, -0.15) is 13.2 Å². The molecule has 0 aromatic heterocycles. The van der Waals surface area contributed by atoms with Crippen molar-refractivity contribution < 1.29 is 31.9 Å². The molecule has 0 spiro atoms. The summed E-state index contributed by atoms with van der Waals surface area (Å²) in [5, 5.41) is 2.44. The van der Waals surface area contributed by atoms with Gasteiger partial charge in [-0.05, 0) is 37.0 Å². The van der Waals surface area contributed by atoms with Crippen LogP contribution < -0.4 is 16.0 Å². The van der Waals surface area contributed by atoms with Gasteiger partial charge in [-0.3, -0.25) is 14.5 Å². The number of anilines is 2. The molecule has 2 amide bonds. The molecule has 1 aromatic rings. The van der Waals surface area contributed by atoms with Crippen LogP contribution in [0.25, 0.3) is 0 Å². The summed E-state index contributed by atoms with van der Waals surface area (Å²) in [4.78, 5) is 26.8. The van der Waals surface area contributed by atoms with E-state index in [0.717, 1.165) is 23.8 Å². The van der Waals surface area contributed by atoms with Gasteiger partial charge in [0, 0.05) is 25.3 Å². The molecule has 2 fully saturated rings. The first-order valence-corrected chi connectivity index (χ1v) is 9.67. The molecule has 30 heavy (non-hydrogen) atoms. The monoisotopic (exact) mass is 432 g/mol. The molecule has 1 saturated carbocycles. The first-order valence-electron chi connectivity index (χ1n) is 9.67. The van der Waals surface area contributed by atoms with Crippen LogP contribution in [0.2, 0.25) is 0 Å². The number of nitrogens with zero attached hydrogens (tertiary/aromatic N) is 2. The molecular formula is C19H24F4N4O3. The second-order valence-corrected chi connectivity index (χ2v) is 7.49. The SMILES string of the molecule is NC[C@H](C(=O)Nc1ccc(N2CCOCC2=O)c(F)c1)N(CC1CC1)CC(F)(F)F. The van der Waals surface area contributed by atoms with Gasteiger partial charge >= 0.3 is 6.18 Å². The minimum Gasteiger partial charge on any atom is -0.370 e. The third-order valence-electron chi connectivity index (χ3n) is 5.03. The van der Waals surface area contributed by atoms with Crippen molar-refractivity contribution in [1.82, 2.24) is 4.90 Å². The summed E-state index contributed by atoms with van der Waals surface area (Å²) in [7, 11) is 0. The van der Waals surface area contributed by atoms with E-state index in [4.69, 9.17) is 10.5 Å². The summed E-state index contributed by atoms with van der Waals surface area (Å²) in [5.41, 5.74) is 5.72. The highest BCUT2D eigenvalue weighted by Crippen LogP contribution is 2.32. The summed E-state index contributed by atoms with van der Waals surface area (Å²) in [5.74, 6) is -1.74. The van der Waals surface area contributed by atoms with Gasteiger partial charge in [0.1, 0.15) is 18.5 Å². The zero-order chi connectivity index (χ0) is 21.9. The van der Waals surface area contributed by atoms with Gasteiger partial charge in [-0.25, -0.2) is 4.39 Å². The maximum Gasteiger partial charge on any atom is 0.401 e. The van der Waals surface area contributed by atoms with Crippen LogP contribution in [-0.2, 0) is 14.3 Å². The van der Waals surface area contributed by atoms with Crippen molar-refractivity contribution in [2.75, 3.05) is 49.6 Å². The minimum absolute atomic E-state index is 0.0455. The number of nitrogens with one attached hydrogen (secondary N) is 1. The quantitative estimate of drug-likeness (QED) is 0.611. The Morgan fingerprint density at radius 2 is 2.10 bits per heavy atom. The Labute approximate surface area is 171 Å². The van der Waals surface area contributed by atoms with E-state index >= 15 is 0 Å². The van der Waals surface area contributed by atoms with Crippen molar-refractivity contribution in [1.29, 1.82) is 0 Å². The predicted molar refractivity (Wildman–Crippen MR) is 101 cm³/mol. The van der Waals surface area contributed by atoms with Gasteiger partial charge in [0.25, 0.3) is 5.91 Å². The number of carbonyl (C=O) groups is 2. The van der Waals surface area contributed by atoms with Crippen molar-refractivity contribution in [3.63, 3.8) is 0 Å².